The van der Waals surface area contributed by atoms with Crippen LogP contribution in [0.25, 0.3) is 34.4 Å². The first-order valence-corrected chi connectivity index (χ1v) is 12.8. The van der Waals surface area contributed by atoms with Gasteiger partial charge in [-0.2, -0.15) is 0 Å². The molecule has 2 aliphatic carbocycles. The van der Waals surface area contributed by atoms with E-state index in [1.54, 1.807) is 0 Å². The average molecular weight is 443 g/mol. The number of benzene rings is 4. The monoisotopic (exact) mass is 442 g/mol. The van der Waals surface area contributed by atoms with Gasteiger partial charge in [0.25, 0.3) is 0 Å². The largest absolute Gasteiger partial charge is 0.113 e. The molecule has 2 heteroatoms. The van der Waals surface area contributed by atoms with Gasteiger partial charge in [-0.3, -0.25) is 0 Å². The summed E-state index contributed by atoms with van der Waals surface area (Å²) in [6, 6.07) is 31.6. The van der Waals surface area contributed by atoms with Crippen molar-refractivity contribution >= 4 is 46.8 Å². The molecule has 4 aliphatic rings. The Morgan fingerprint density at radius 1 is 0.656 bits per heavy atom. The van der Waals surface area contributed by atoms with Gasteiger partial charge in [-0.1, -0.05) is 72.8 Å². The molecular weight excluding hydrogens is 424 g/mol. The molecule has 0 fully saturated rings. The number of thioether (sulfide) groups is 2. The second-order valence-electron chi connectivity index (χ2n) is 8.82. The van der Waals surface area contributed by atoms with Gasteiger partial charge in [0.05, 0.1) is 10.5 Å². The lowest BCUT2D eigenvalue weighted by molar-refractivity contribution is 1.30. The maximum Gasteiger partial charge on any atom is 0.0606 e. The van der Waals surface area contributed by atoms with Crippen LogP contribution in [0.3, 0.4) is 0 Å². The van der Waals surface area contributed by atoms with E-state index in [0.29, 0.717) is 10.5 Å². The summed E-state index contributed by atoms with van der Waals surface area (Å²) in [5.41, 5.74) is 11.3. The molecule has 0 radical (unpaired) electrons. The predicted octanol–water partition coefficient (Wildman–Crippen LogP) is 6.52. The molecule has 2 unspecified atom stereocenters. The van der Waals surface area contributed by atoms with Crippen molar-refractivity contribution in [3.63, 3.8) is 0 Å². The van der Waals surface area contributed by atoms with Crippen LogP contribution in [-0.2, 0) is 0 Å². The fourth-order valence-corrected chi connectivity index (χ4v) is 8.41. The number of rotatable bonds is 1. The summed E-state index contributed by atoms with van der Waals surface area (Å²) in [4.78, 5) is 2.82. The van der Waals surface area contributed by atoms with Crippen LogP contribution in [-0.4, -0.2) is 5.25 Å². The first-order chi connectivity index (χ1) is 15.8. The molecule has 0 spiro atoms. The highest BCUT2D eigenvalue weighted by Gasteiger charge is 2.35. The highest BCUT2D eigenvalue weighted by molar-refractivity contribution is 8.01. The highest BCUT2D eigenvalue weighted by atomic mass is 32.2. The second kappa shape index (κ2) is 6.31. The Balaban J connectivity index is 1.31. The van der Waals surface area contributed by atoms with Crippen LogP contribution in [0.2, 0.25) is 0 Å². The SMILES string of the molecule is C1=C2c3ccccc3SC2c2cccc(-c3ccc4c(c3)C3=c5ccccc5=CC3S4)c21. The van der Waals surface area contributed by atoms with E-state index < -0.39 is 0 Å². The van der Waals surface area contributed by atoms with Crippen molar-refractivity contribution < 1.29 is 0 Å². The Labute approximate surface area is 195 Å². The third kappa shape index (κ3) is 2.27. The molecule has 0 aromatic heterocycles. The van der Waals surface area contributed by atoms with E-state index in [2.05, 4.69) is 97.1 Å². The summed E-state index contributed by atoms with van der Waals surface area (Å²) in [7, 11) is 0. The summed E-state index contributed by atoms with van der Waals surface area (Å²) < 4.78 is 0. The molecule has 0 nitrogen and oxygen atoms in total. The van der Waals surface area contributed by atoms with E-state index in [1.165, 1.54) is 64.8 Å². The third-order valence-electron chi connectivity index (χ3n) is 7.15. The van der Waals surface area contributed by atoms with E-state index in [1.807, 2.05) is 23.5 Å². The molecule has 32 heavy (non-hydrogen) atoms. The molecule has 8 rings (SSSR count). The number of hydrogen-bond acceptors (Lipinski definition) is 2. The molecule has 150 valence electrons. The first-order valence-electron chi connectivity index (χ1n) is 11.1. The van der Waals surface area contributed by atoms with Crippen LogP contribution in [0.1, 0.15) is 27.5 Å². The van der Waals surface area contributed by atoms with Crippen LogP contribution in [0.4, 0.5) is 0 Å². The van der Waals surface area contributed by atoms with Crippen LogP contribution in [0.5, 0.6) is 0 Å². The average Bonchev–Trinajstić information content (AvgIpc) is 3.55. The van der Waals surface area contributed by atoms with Crippen molar-refractivity contribution in [1.29, 1.82) is 0 Å². The Morgan fingerprint density at radius 2 is 1.50 bits per heavy atom. The van der Waals surface area contributed by atoms with Gasteiger partial charge in [-0.15, -0.1) is 23.5 Å². The minimum Gasteiger partial charge on any atom is -0.113 e. The smallest absolute Gasteiger partial charge is 0.0606 e. The molecule has 0 N–H and O–H groups in total. The topological polar surface area (TPSA) is 0 Å². The van der Waals surface area contributed by atoms with E-state index in [-0.39, 0.29) is 0 Å². The zero-order valence-corrected chi connectivity index (χ0v) is 18.8. The predicted molar refractivity (Wildman–Crippen MR) is 137 cm³/mol. The van der Waals surface area contributed by atoms with Crippen molar-refractivity contribution in [2.24, 2.45) is 0 Å². The summed E-state index contributed by atoms with van der Waals surface area (Å²) >= 11 is 3.99. The van der Waals surface area contributed by atoms with Crippen LogP contribution < -0.4 is 10.4 Å². The molecule has 0 amide bonds. The van der Waals surface area contributed by atoms with Gasteiger partial charge >= 0.3 is 0 Å². The van der Waals surface area contributed by atoms with E-state index >= 15 is 0 Å². The summed E-state index contributed by atoms with van der Waals surface area (Å²) in [5.74, 6) is 0. The Morgan fingerprint density at radius 3 is 2.50 bits per heavy atom. The third-order valence-corrected chi connectivity index (χ3v) is 9.74. The lowest BCUT2D eigenvalue weighted by Gasteiger charge is -2.13. The molecule has 2 atom stereocenters. The minimum absolute atomic E-state index is 0.433. The van der Waals surface area contributed by atoms with Gasteiger partial charge in [0.1, 0.15) is 0 Å². The zero-order chi connectivity index (χ0) is 20.8. The lowest BCUT2D eigenvalue weighted by atomic mass is 9.93. The van der Waals surface area contributed by atoms with Gasteiger partial charge < -0.3 is 0 Å². The van der Waals surface area contributed by atoms with Gasteiger partial charge in [0.2, 0.25) is 0 Å². The number of fused-ring (bicyclic) bond motifs is 9. The molecule has 0 saturated heterocycles. The van der Waals surface area contributed by atoms with Crippen molar-refractivity contribution in [3.8, 4) is 11.1 Å². The fraction of sp³-hybridized carbons (Fsp3) is 0.0667. The molecular formula is C30H18S2. The molecule has 0 bridgehead atoms. The van der Waals surface area contributed by atoms with Crippen molar-refractivity contribution in [2.75, 3.05) is 0 Å². The first kappa shape index (κ1) is 17.6. The molecule has 2 aliphatic heterocycles. The van der Waals surface area contributed by atoms with Crippen molar-refractivity contribution in [2.45, 2.75) is 20.3 Å². The molecule has 4 aromatic carbocycles. The maximum atomic E-state index is 2.45. The van der Waals surface area contributed by atoms with Gasteiger partial charge in [-0.05, 0) is 79.2 Å². The Hall–Kier alpha value is -2.94. The van der Waals surface area contributed by atoms with Crippen molar-refractivity contribution in [3.05, 3.63) is 118 Å². The normalized spacial score (nSPS) is 20.6. The van der Waals surface area contributed by atoms with Gasteiger partial charge in [0, 0.05) is 9.79 Å². The van der Waals surface area contributed by atoms with E-state index in [4.69, 9.17) is 0 Å². The molecule has 0 saturated carbocycles. The quantitative estimate of drug-likeness (QED) is 0.329. The molecule has 2 heterocycles. The summed E-state index contributed by atoms with van der Waals surface area (Å²) in [6.07, 6.45) is 4.88. The Bertz CT molecular complexity index is 1640. The van der Waals surface area contributed by atoms with E-state index in [9.17, 15) is 0 Å². The van der Waals surface area contributed by atoms with Crippen LogP contribution in [0, 0.1) is 0 Å². The van der Waals surface area contributed by atoms with Gasteiger partial charge in [-0.25, -0.2) is 0 Å². The van der Waals surface area contributed by atoms with Gasteiger partial charge in [0.15, 0.2) is 0 Å². The minimum atomic E-state index is 0.433. The highest BCUT2D eigenvalue weighted by Crippen LogP contribution is 2.59. The lowest BCUT2D eigenvalue weighted by Crippen LogP contribution is -2.22. The Kier molecular flexibility index (Phi) is 3.47. The van der Waals surface area contributed by atoms with E-state index in [0.717, 1.165) is 0 Å². The van der Waals surface area contributed by atoms with Crippen LogP contribution >= 0.6 is 23.5 Å². The second-order valence-corrected chi connectivity index (χ2v) is 11.1. The standard InChI is InChI=1S/C30H18S2/c1-2-7-20-17(6-1)15-28-29(20)25-14-18(12-13-27(25)31-28)19-9-5-10-22-23(19)16-24-21-8-3-4-11-26(21)32-30(22)24/h1-16,28,30H. The number of hydrogen-bond donors (Lipinski definition) is 0. The van der Waals surface area contributed by atoms with Crippen molar-refractivity contribution in [1.82, 2.24) is 0 Å². The zero-order valence-electron chi connectivity index (χ0n) is 17.2. The fourth-order valence-electron chi connectivity index (χ4n) is 5.73. The van der Waals surface area contributed by atoms with Crippen LogP contribution in [0.15, 0.2) is 94.7 Å². The molecule has 4 aromatic rings. The maximum absolute atomic E-state index is 2.45. The summed E-state index contributed by atoms with van der Waals surface area (Å²) in [6.45, 7) is 0. The summed E-state index contributed by atoms with van der Waals surface area (Å²) in [5, 5.41) is 3.67.